The van der Waals surface area contributed by atoms with E-state index in [1.165, 1.54) is 16.3 Å². The molecule has 0 aromatic carbocycles. The van der Waals surface area contributed by atoms with Crippen LogP contribution in [-0.2, 0) is 11.3 Å². The van der Waals surface area contributed by atoms with Gasteiger partial charge in [0.15, 0.2) is 0 Å². The minimum Gasteiger partial charge on any atom is -0.334 e. The predicted molar refractivity (Wildman–Crippen MR) is 76.5 cm³/mol. The van der Waals surface area contributed by atoms with Crippen molar-refractivity contribution in [3.8, 4) is 0 Å². The number of rotatable bonds is 3. The summed E-state index contributed by atoms with van der Waals surface area (Å²) in [6.07, 6.45) is 5.04. The Hall–Kier alpha value is -1.95. The van der Waals surface area contributed by atoms with E-state index < -0.39 is 0 Å². The summed E-state index contributed by atoms with van der Waals surface area (Å²) >= 11 is 1.64. The minimum absolute atomic E-state index is 0.0196. The van der Waals surface area contributed by atoms with E-state index in [1.807, 2.05) is 10.3 Å². The zero-order chi connectivity index (χ0) is 13.9. The first kappa shape index (κ1) is 13.1. The van der Waals surface area contributed by atoms with Gasteiger partial charge < -0.3 is 4.90 Å². The fraction of sp³-hybridized carbons (Fsp3) is 0.357. The van der Waals surface area contributed by atoms with E-state index in [-0.39, 0.29) is 24.2 Å². The summed E-state index contributed by atoms with van der Waals surface area (Å²) in [5.41, 5.74) is 0.812. The number of hydrogen-bond donors (Lipinski definition) is 0. The lowest BCUT2D eigenvalue weighted by Gasteiger charge is -2.24. The molecule has 1 unspecified atom stereocenters. The summed E-state index contributed by atoms with van der Waals surface area (Å²) < 4.78 is 1.35. The van der Waals surface area contributed by atoms with Crippen LogP contribution in [0.2, 0.25) is 0 Å². The van der Waals surface area contributed by atoms with Gasteiger partial charge in [-0.15, -0.1) is 0 Å². The molecule has 3 rings (SSSR count). The molecule has 1 aliphatic heterocycles. The molecule has 1 aliphatic rings. The molecular weight excluding hydrogens is 274 g/mol. The Labute approximate surface area is 120 Å². The van der Waals surface area contributed by atoms with Gasteiger partial charge in [0.25, 0.3) is 0 Å². The molecule has 1 saturated heterocycles. The third-order valence-corrected chi connectivity index (χ3v) is 4.29. The Morgan fingerprint density at radius 1 is 1.50 bits per heavy atom. The maximum atomic E-state index is 12.4. The fourth-order valence-corrected chi connectivity index (χ4v) is 3.33. The summed E-state index contributed by atoms with van der Waals surface area (Å²) in [6.45, 7) is 0.821. The van der Waals surface area contributed by atoms with E-state index >= 15 is 0 Å². The van der Waals surface area contributed by atoms with Gasteiger partial charge in [-0.2, -0.15) is 11.3 Å². The van der Waals surface area contributed by atoms with E-state index in [0.29, 0.717) is 0 Å². The van der Waals surface area contributed by atoms with Crippen LogP contribution in [0.25, 0.3) is 0 Å². The molecular formula is C14H15N3O2S. The number of aromatic nitrogens is 2. The van der Waals surface area contributed by atoms with Crippen molar-refractivity contribution in [2.24, 2.45) is 0 Å². The molecule has 104 valence electrons. The Kier molecular flexibility index (Phi) is 3.64. The monoisotopic (exact) mass is 289 g/mol. The smallest absolute Gasteiger partial charge is 0.334 e. The van der Waals surface area contributed by atoms with E-state index in [9.17, 15) is 9.59 Å². The largest absolute Gasteiger partial charge is 0.347 e. The molecule has 5 nitrogen and oxygen atoms in total. The molecule has 20 heavy (non-hydrogen) atoms. The maximum absolute atomic E-state index is 12.4. The van der Waals surface area contributed by atoms with Crippen molar-refractivity contribution in [1.29, 1.82) is 0 Å². The maximum Gasteiger partial charge on any atom is 0.347 e. The third-order valence-electron chi connectivity index (χ3n) is 3.59. The standard InChI is InChI=1S/C14H15N3O2S/c18-13(9-16-6-2-5-15-14(16)19)17-7-1-3-12(17)11-4-8-20-10-11/h2,4-6,8,10,12H,1,3,7,9H2. The molecule has 3 heterocycles. The van der Waals surface area contributed by atoms with Crippen molar-refractivity contribution in [1.82, 2.24) is 14.5 Å². The Morgan fingerprint density at radius 3 is 3.15 bits per heavy atom. The third kappa shape index (κ3) is 2.51. The summed E-state index contributed by atoms with van der Waals surface area (Å²) in [5.74, 6) is -0.0196. The lowest BCUT2D eigenvalue weighted by Crippen LogP contribution is -2.36. The van der Waals surface area contributed by atoms with Gasteiger partial charge >= 0.3 is 5.69 Å². The second-order valence-electron chi connectivity index (χ2n) is 4.83. The van der Waals surface area contributed by atoms with E-state index in [2.05, 4.69) is 16.4 Å². The van der Waals surface area contributed by atoms with E-state index in [4.69, 9.17) is 0 Å². The molecule has 2 aromatic rings. The number of carbonyl (C=O) groups excluding carboxylic acids is 1. The van der Waals surface area contributed by atoms with Gasteiger partial charge in [-0.05, 0) is 41.3 Å². The fourth-order valence-electron chi connectivity index (χ4n) is 2.62. The lowest BCUT2D eigenvalue weighted by atomic mass is 10.1. The van der Waals surface area contributed by atoms with Crippen molar-refractivity contribution >= 4 is 17.2 Å². The Morgan fingerprint density at radius 2 is 2.40 bits per heavy atom. The average molecular weight is 289 g/mol. The van der Waals surface area contributed by atoms with Crippen molar-refractivity contribution in [3.63, 3.8) is 0 Å². The summed E-state index contributed by atoms with van der Waals surface area (Å²) in [4.78, 5) is 29.5. The van der Waals surface area contributed by atoms with Gasteiger partial charge in [-0.3, -0.25) is 9.36 Å². The second-order valence-corrected chi connectivity index (χ2v) is 5.61. The van der Waals surface area contributed by atoms with Crippen molar-refractivity contribution < 1.29 is 4.79 Å². The molecule has 0 bridgehead atoms. The van der Waals surface area contributed by atoms with Gasteiger partial charge in [0.2, 0.25) is 5.91 Å². The van der Waals surface area contributed by atoms with Crippen LogP contribution in [0.1, 0.15) is 24.4 Å². The predicted octanol–water partition coefficient (Wildman–Crippen LogP) is 1.67. The van der Waals surface area contributed by atoms with Crippen LogP contribution < -0.4 is 5.69 Å². The van der Waals surface area contributed by atoms with Crippen LogP contribution in [0.3, 0.4) is 0 Å². The highest BCUT2D eigenvalue weighted by atomic mass is 32.1. The molecule has 2 aromatic heterocycles. The summed E-state index contributed by atoms with van der Waals surface area (Å²) in [6, 6.07) is 3.88. The molecule has 0 N–H and O–H groups in total. The van der Waals surface area contributed by atoms with Crippen molar-refractivity contribution in [2.75, 3.05) is 6.54 Å². The first-order chi connectivity index (χ1) is 9.75. The molecule has 0 radical (unpaired) electrons. The van der Waals surface area contributed by atoms with Crippen molar-refractivity contribution in [2.45, 2.75) is 25.4 Å². The first-order valence-corrected chi connectivity index (χ1v) is 7.53. The Bertz CT molecular complexity index is 650. The van der Waals surface area contributed by atoms with Crippen LogP contribution in [0.4, 0.5) is 0 Å². The van der Waals surface area contributed by atoms with Gasteiger partial charge in [0, 0.05) is 18.9 Å². The van der Waals surface area contributed by atoms with E-state index in [1.54, 1.807) is 23.6 Å². The highest BCUT2D eigenvalue weighted by Crippen LogP contribution is 2.33. The molecule has 1 atom stereocenters. The highest BCUT2D eigenvalue weighted by molar-refractivity contribution is 7.07. The van der Waals surface area contributed by atoms with Crippen molar-refractivity contribution in [3.05, 3.63) is 51.3 Å². The number of thiophene rings is 1. The van der Waals surface area contributed by atoms with Crippen LogP contribution in [0.5, 0.6) is 0 Å². The molecule has 1 amide bonds. The van der Waals surface area contributed by atoms with Crippen LogP contribution in [0.15, 0.2) is 40.1 Å². The molecule has 0 aliphatic carbocycles. The molecule has 1 fully saturated rings. The Balaban J connectivity index is 1.77. The van der Waals surface area contributed by atoms with Gasteiger partial charge in [0.1, 0.15) is 6.54 Å². The SMILES string of the molecule is O=C(Cn1cccnc1=O)N1CCCC1c1ccsc1. The van der Waals surface area contributed by atoms with E-state index in [0.717, 1.165) is 19.4 Å². The van der Waals surface area contributed by atoms with Crippen LogP contribution in [0, 0.1) is 0 Å². The second kappa shape index (κ2) is 5.58. The number of nitrogens with zero attached hydrogens (tertiary/aromatic N) is 3. The normalized spacial score (nSPS) is 18.4. The quantitative estimate of drug-likeness (QED) is 0.863. The number of hydrogen-bond acceptors (Lipinski definition) is 4. The number of carbonyl (C=O) groups is 1. The zero-order valence-electron chi connectivity index (χ0n) is 10.9. The average Bonchev–Trinajstić information content (AvgIpc) is 3.11. The van der Waals surface area contributed by atoms with Gasteiger partial charge in [0.05, 0.1) is 6.04 Å². The minimum atomic E-state index is -0.382. The topological polar surface area (TPSA) is 55.2 Å². The van der Waals surface area contributed by atoms with Crippen LogP contribution in [-0.4, -0.2) is 26.9 Å². The number of amides is 1. The molecule has 0 saturated carbocycles. The highest BCUT2D eigenvalue weighted by Gasteiger charge is 2.30. The zero-order valence-corrected chi connectivity index (χ0v) is 11.8. The summed E-state index contributed by atoms with van der Waals surface area (Å²) in [5, 5.41) is 4.12. The summed E-state index contributed by atoms with van der Waals surface area (Å²) in [7, 11) is 0. The first-order valence-electron chi connectivity index (χ1n) is 6.59. The van der Waals surface area contributed by atoms with Crippen LogP contribution >= 0.6 is 11.3 Å². The lowest BCUT2D eigenvalue weighted by molar-refractivity contribution is -0.132. The van der Waals surface area contributed by atoms with Gasteiger partial charge in [-0.1, -0.05) is 0 Å². The molecule has 0 spiro atoms. The molecule has 6 heteroatoms. The number of likely N-dealkylation sites (tertiary alicyclic amines) is 1. The van der Waals surface area contributed by atoms with Gasteiger partial charge in [-0.25, -0.2) is 9.78 Å².